The summed E-state index contributed by atoms with van der Waals surface area (Å²) in [5, 5.41) is 18.0. The van der Waals surface area contributed by atoms with Gasteiger partial charge in [-0.05, 0) is 113 Å². The summed E-state index contributed by atoms with van der Waals surface area (Å²) in [5.74, 6) is -10.6. The first-order chi connectivity index (χ1) is 41.7. The first kappa shape index (κ1) is 82.0. The van der Waals surface area contributed by atoms with Crippen molar-refractivity contribution in [2.75, 3.05) is 49.3 Å². The summed E-state index contributed by atoms with van der Waals surface area (Å²) < 4.78 is 0. The largest absolute Gasteiger partial charge is 0.390 e. The summed E-state index contributed by atoms with van der Waals surface area (Å²) >= 11 is 0. The highest BCUT2D eigenvalue weighted by atomic mass is 16.3. The van der Waals surface area contributed by atoms with Crippen LogP contribution in [0.25, 0.3) is 0 Å². The van der Waals surface area contributed by atoms with Crippen LogP contribution in [0.2, 0.25) is 0 Å². The molecule has 1 aliphatic heterocycles. The van der Waals surface area contributed by atoms with Crippen molar-refractivity contribution in [3.05, 3.63) is 24.8 Å². The third-order valence-corrected chi connectivity index (χ3v) is 17.9. The predicted molar refractivity (Wildman–Crippen MR) is 354 cm³/mol. The van der Waals surface area contributed by atoms with Gasteiger partial charge in [0.15, 0.2) is 11.6 Å². The molecule has 1 aliphatic rings. The molecule has 0 radical (unpaired) electrons. The normalized spacial score (nSPS) is 27.0. The summed E-state index contributed by atoms with van der Waals surface area (Å²) in [5.41, 5.74) is 0. The van der Waals surface area contributed by atoms with E-state index in [0.717, 1.165) is 0 Å². The fourth-order valence-electron chi connectivity index (χ4n) is 12.1. The van der Waals surface area contributed by atoms with E-state index in [-0.39, 0.29) is 68.6 Å². The molecule has 21 heteroatoms. The van der Waals surface area contributed by atoms with Crippen LogP contribution in [0.4, 0.5) is 0 Å². The highest BCUT2D eigenvalue weighted by Gasteiger charge is 2.46. The van der Waals surface area contributed by atoms with Gasteiger partial charge in [-0.1, -0.05) is 122 Å². The number of carbonyl (C=O) groups excluding carboxylic acids is 11. The molecule has 13 atom stereocenters. The summed E-state index contributed by atoms with van der Waals surface area (Å²) in [6, 6.07) is -10.7. The lowest BCUT2D eigenvalue weighted by molar-refractivity contribution is -0.157. The van der Waals surface area contributed by atoms with E-state index >= 15 is 28.8 Å². The Morgan fingerprint density at radius 1 is 0.500 bits per heavy atom. The fraction of sp³-hybridized carbons (Fsp3) is 0.783. The van der Waals surface area contributed by atoms with Crippen molar-refractivity contribution in [2.24, 2.45) is 53.3 Å². The lowest BCUT2D eigenvalue weighted by Gasteiger charge is -2.41. The van der Waals surface area contributed by atoms with Crippen LogP contribution in [-0.4, -0.2) is 214 Å². The Morgan fingerprint density at radius 3 is 1.36 bits per heavy atom. The standard InChI is InChI=1S/C69H121N9O12/c1-26-29-31-33-50-65(86)73(20)52(35-41(6)7)62(83)71-57(44(12)13)68(89)74(21)51(34-40(4)5)61(82)70-48(18)55(79)38-47(17)63(84)75(22)53(36-42(8)9)66(87)76(23)54(37-43(10)11)67(88)77(24)58(45(14)15)69(90)78(25)59(60(81)46(16)32-30-27-2)56(80)39-49(28-3)64(85)72(50)19/h26-27,30,40-54,57-60,81H,1,28-29,31-39H2,2-25H3,(H,70,82)(H,71,83)/b30-27+/t46-,47+,48+,49-,50?,51+,52+,53+,54+,57+,58+,59-,60-/m1/s1. The molecule has 514 valence electrons. The molecule has 1 rings (SSSR count). The number of unbranched alkanes of at least 4 members (excludes halogenated alkanes) is 1. The second-order valence-electron chi connectivity index (χ2n) is 28.2. The quantitative estimate of drug-likeness (QED) is 0.0859. The number of nitrogens with one attached hydrogen (secondary N) is 2. The molecule has 0 aliphatic carbocycles. The highest BCUT2D eigenvalue weighted by molar-refractivity contribution is 6.00. The molecule has 9 amide bonds. The Morgan fingerprint density at radius 2 is 0.911 bits per heavy atom. The van der Waals surface area contributed by atoms with Gasteiger partial charge in [-0.25, -0.2) is 0 Å². The fourth-order valence-corrected chi connectivity index (χ4v) is 12.1. The van der Waals surface area contributed by atoms with Crippen LogP contribution in [0.1, 0.15) is 188 Å². The van der Waals surface area contributed by atoms with Gasteiger partial charge in [-0.15, -0.1) is 6.58 Å². The molecular weight excluding hydrogens is 1150 g/mol. The van der Waals surface area contributed by atoms with E-state index in [4.69, 9.17) is 0 Å². The molecule has 0 bridgehead atoms. The summed E-state index contributed by atoms with van der Waals surface area (Å²) in [7, 11) is 10.3. The lowest BCUT2D eigenvalue weighted by atomic mass is 9.86. The molecule has 21 nitrogen and oxygen atoms in total. The van der Waals surface area contributed by atoms with Gasteiger partial charge in [-0.2, -0.15) is 0 Å². The van der Waals surface area contributed by atoms with Crippen LogP contribution in [0.5, 0.6) is 0 Å². The maximum Gasteiger partial charge on any atom is 0.246 e. The van der Waals surface area contributed by atoms with Gasteiger partial charge in [0.25, 0.3) is 0 Å². The maximum atomic E-state index is 15.3. The van der Waals surface area contributed by atoms with Crippen LogP contribution in [0.3, 0.4) is 0 Å². The molecule has 0 aromatic carbocycles. The Balaban J connectivity index is 4.50. The Bertz CT molecular complexity index is 2460. The first-order valence-electron chi connectivity index (χ1n) is 33.1. The van der Waals surface area contributed by atoms with Crippen LogP contribution in [0, 0.1) is 53.3 Å². The second-order valence-corrected chi connectivity index (χ2v) is 28.2. The topological polar surface area (TPSA) is 255 Å². The number of hydrogen-bond donors (Lipinski definition) is 3. The number of allylic oxidation sites excluding steroid dienone is 3. The number of Topliss-reactive ketones (excluding diaryl/α,β-unsaturated/α-hetero) is 2. The van der Waals surface area contributed by atoms with Gasteiger partial charge in [0.1, 0.15) is 48.3 Å². The zero-order valence-electron chi connectivity index (χ0n) is 59.8. The van der Waals surface area contributed by atoms with Crippen molar-refractivity contribution in [3.8, 4) is 0 Å². The van der Waals surface area contributed by atoms with Gasteiger partial charge in [0.2, 0.25) is 53.2 Å². The molecule has 0 saturated carbocycles. The molecule has 1 saturated heterocycles. The van der Waals surface area contributed by atoms with E-state index in [1.54, 1.807) is 54.5 Å². The van der Waals surface area contributed by atoms with Crippen LogP contribution >= 0.6 is 0 Å². The van der Waals surface area contributed by atoms with E-state index in [0.29, 0.717) is 19.3 Å². The molecule has 1 unspecified atom stereocenters. The average Bonchev–Trinajstić information content (AvgIpc) is 0.969. The maximum absolute atomic E-state index is 15.3. The van der Waals surface area contributed by atoms with E-state index in [1.165, 1.54) is 90.6 Å². The number of nitrogens with zero attached hydrogens (tertiary/aromatic N) is 7. The number of hydrogen-bond acceptors (Lipinski definition) is 12. The number of likely N-dealkylation sites (N-methyl/N-ethyl adjacent to an activating group) is 7. The number of aliphatic hydroxyl groups is 1. The molecule has 1 fully saturated rings. The minimum absolute atomic E-state index is 0.119. The van der Waals surface area contributed by atoms with Crippen molar-refractivity contribution in [1.82, 2.24) is 44.9 Å². The van der Waals surface area contributed by atoms with E-state index < -0.39 is 161 Å². The van der Waals surface area contributed by atoms with Crippen LogP contribution in [0.15, 0.2) is 24.8 Å². The van der Waals surface area contributed by atoms with Gasteiger partial charge >= 0.3 is 0 Å². The van der Waals surface area contributed by atoms with Gasteiger partial charge in [0.05, 0.1) is 12.1 Å². The molecule has 0 aromatic heterocycles. The highest BCUT2D eigenvalue weighted by Crippen LogP contribution is 2.29. The average molecular weight is 1270 g/mol. The first-order valence-corrected chi connectivity index (χ1v) is 33.1. The van der Waals surface area contributed by atoms with Gasteiger partial charge in [0, 0.05) is 74.0 Å². The number of ketones is 2. The Labute approximate surface area is 541 Å². The number of carbonyl (C=O) groups is 11. The second kappa shape index (κ2) is 38.1. The van der Waals surface area contributed by atoms with E-state index in [9.17, 15) is 29.1 Å². The van der Waals surface area contributed by atoms with E-state index in [1.807, 2.05) is 74.5 Å². The van der Waals surface area contributed by atoms with Crippen molar-refractivity contribution in [3.63, 3.8) is 0 Å². The summed E-state index contributed by atoms with van der Waals surface area (Å²) in [6.07, 6.45) is 5.34. The molecule has 90 heavy (non-hydrogen) atoms. The minimum Gasteiger partial charge on any atom is -0.390 e. The molecular formula is C69H121N9O12. The predicted octanol–water partition coefficient (Wildman–Crippen LogP) is 7.18. The minimum atomic E-state index is -1.51. The third kappa shape index (κ3) is 23.0. The van der Waals surface area contributed by atoms with E-state index in [2.05, 4.69) is 17.2 Å². The monoisotopic (exact) mass is 1270 g/mol. The smallest absolute Gasteiger partial charge is 0.246 e. The molecule has 1 heterocycles. The molecule has 3 N–H and O–H groups in total. The van der Waals surface area contributed by atoms with Crippen molar-refractivity contribution >= 4 is 64.7 Å². The summed E-state index contributed by atoms with van der Waals surface area (Å²) in [4.78, 5) is 173. The van der Waals surface area contributed by atoms with Crippen molar-refractivity contribution in [1.29, 1.82) is 0 Å². The molecule has 0 aromatic rings. The van der Waals surface area contributed by atoms with Crippen molar-refractivity contribution in [2.45, 2.75) is 249 Å². The zero-order chi connectivity index (χ0) is 69.7. The summed E-state index contributed by atoms with van der Waals surface area (Å²) in [6.45, 7) is 34.3. The lowest BCUT2D eigenvalue weighted by Crippen LogP contribution is -2.61. The van der Waals surface area contributed by atoms with Crippen LogP contribution in [-0.2, 0) is 52.7 Å². The SMILES string of the molecule is C=CCCCC1C(=O)N(C)[C@@H](CC(C)C)C(=O)N[C@@H](C(C)C)C(=O)N(C)[C@@H](CC(C)C)C(=O)N[C@@H](C)C(=O)C[C@H](C)C(=O)N(C)[C@@H](CC(C)C)C(=O)N(C)[C@@H](CC(C)C)C(=O)N(C)[C@@H](C(C)C)C(=O)N(C)[C@@H]([C@H](O)[C@H](C)C/C=C/C)C(=O)C[C@@H](CC)C(=O)N1C. The molecule has 0 spiro atoms. The number of aliphatic hydroxyl groups excluding tert-OH is 1. The van der Waals surface area contributed by atoms with Gasteiger partial charge in [-0.3, -0.25) is 52.7 Å². The van der Waals surface area contributed by atoms with Crippen molar-refractivity contribution < 1.29 is 57.8 Å². The third-order valence-electron chi connectivity index (χ3n) is 17.9. The Hall–Kier alpha value is -5.99. The van der Waals surface area contributed by atoms with Crippen LogP contribution < -0.4 is 10.6 Å². The number of amides is 9. The number of rotatable bonds is 19. The van der Waals surface area contributed by atoms with Gasteiger partial charge < -0.3 is 50.0 Å². The Kier molecular flexibility index (Phi) is 34.7. The zero-order valence-corrected chi connectivity index (χ0v) is 59.8.